The van der Waals surface area contributed by atoms with Crippen LogP contribution >= 0.6 is 0 Å². The molecule has 1 saturated carbocycles. The Balaban J connectivity index is 1.27. The molecule has 0 aromatic carbocycles. The summed E-state index contributed by atoms with van der Waals surface area (Å²) in [6, 6.07) is 0.0545. The quantitative estimate of drug-likeness (QED) is 0.0215. The molecule has 13 atom stereocenters. The number of amides is 1. The van der Waals surface area contributed by atoms with Gasteiger partial charge in [-0.3, -0.25) is 15.0 Å². The third-order valence-electron chi connectivity index (χ3n) is 14.0. The van der Waals surface area contributed by atoms with Crippen molar-refractivity contribution in [2.24, 2.45) is 40.7 Å². The summed E-state index contributed by atoms with van der Waals surface area (Å²) in [5, 5.41) is 86.9. The van der Waals surface area contributed by atoms with Gasteiger partial charge in [-0.25, -0.2) is 0 Å². The highest BCUT2D eigenvalue weighted by atomic mass is 16.3. The third-order valence-corrected chi connectivity index (χ3v) is 14.0. The van der Waals surface area contributed by atoms with Crippen LogP contribution in [0.4, 0.5) is 0 Å². The standard InChI is InChI=1S/C47H74N4O9/c1-27(38(54)12-8-13-39(55)28(2)16-21-34(53)25-32-10-9-23-51(32)46(48)49)15-19-33(52)20-17-29(3)43(58)30(4)18-22-36-31(5)24-35-37(11-7-14-40(35)56)47(36,6)44(59)42-41(57)26-50-45(42)60/h8,12,15-17,19,24,27,30,32-40,43,52-56,58-59H,7,9-11,13-14,18,20-23,25-26H2,1-6H3,(H3,48,49)(H,50,60)/b12-8+,19-15+,28-16+,29-17+,44-42?/t27-,30+,32-,33-,34-,35+,36-,37+,38-,39+,40-,43-,47+/m0/s1. The first-order chi connectivity index (χ1) is 28.3. The average Bonchev–Trinajstić information content (AvgIpc) is 3.82. The number of ketones is 1. The van der Waals surface area contributed by atoms with Crippen molar-refractivity contribution in [1.82, 2.24) is 10.2 Å². The molecule has 1 amide bonds. The predicted molar refractivity (Wildman–Crippen MR) is 233 cm³/mol. The largest absolute Gasteiger partial charge is 0.511 e. The van der Waals surface area contributed by atoms with Gasteiger partial charge in [-0.15, -0.1) is 0 Å². The van der Waals surface area contributed by atoms with Crippen LogP contribution in [0.2, 0.25) is 0 Å². The fraction of sp³-hybridized carbons (Fsp3) is 0.681. The van der Waals surface area contributed by atoms with E-state index < -0.39 is 53.7 Å². The van der Waals surface area contributed by atoms with Gasteiger partial charge in [-0.2, -0.15) is 0 Å². The van der Waals surface area contributed by atoms with Gasteiger partial charge in [0.2, 0.25) is 0 Å². The molecule has 0 spiro atoms. The molecule has 0 unspecified atom stereocenters. The first kappa shape index (κ1) is 49.1. The van der Waals surface area contributed by atoms with Gasteiger partial charge in [0.1, 0.15) is 11.3 Å². The van der Waals surface area contributed by atoms with Gasteiger partial charge < -0.3 is 51.7 Å². The molecule has 3 fully saturated rings. The Morgan fingerprint density at radius 3 is 2.37 bits per heavy atom. The lowest BCUT2D eigenvalue weighted by Crippen LogP contribution is -2.50. The Bertz CT molecular complexity index is 1680. The lowest BCUT2D eigenvalue weighted by atomic mass is 9.52. The zero-order chi connectivity index (χ0) is 44.5. The number of carbonyl (C=O) groups is 2. The minimum Gasteiger partial charge on any atom is -0.511 e. The van der Waals surface area contributed by atoms with Gasteiger partial charge >= 0.3 is 0 Å². The van der Waals surface area contributed by atoms with Crippen molar-refractivity contribution in [2.75, 3.05) is 13.1 Å². The van der Waals surface area contributed by atoms with E-state index in [1.165, 1.54) is 0 Å². The lowest BCUT2D eigenvalue weighted by Gasteiger charge is -2.53. The molecule has 13 heteroatoms. The molecule has 2 aliphatic heterocycles. The first-order valence-corrected chi connectivity index (χ1v) is 22.1. The summed E-state index contributed by atoms with van der Waals surface area (Å²) in [5.74, 6) is -2.23. The minimum atomic E-state index is -0.954. The van der Waals surface area contributed by atoms with E-state index in [9.17, 15) is 45.3 Å². The monoisotopic (exact) mass is 839 g/mol. The van der Waals surface area contributed by atoms with Gasteiger partial charge in [0.05, 0.1) is 43.2 Å². The van der Waals surface area contributed by atoms with Gasteiger partial charge in [-0.05, 0) is 114 Å². The summed E-state index contributed by atoms with van der Waals surface area (Å²) in [6.45, 7) is 11.9. The van der Waals surface area contributed by atoms with Crippen LogP contribution < -0.4 is 11.1 Å². The molecule has 11 N–H and O–H groups in total. The number of nitrogens with two attached hydrogens (primary N) is 1. The number of guanidine groups is 1. The van der Waals surface area contributed by atoms with Crippen LogP contribution in [-0.2, 0) is 9.59 Å². The fourth-order valence-corrected chi connectivity index (χ4v) is 10.1. The topological polar surface area (TPSA) is 241 Å². The fourth-order valence-electron chi connectivity index (χ4n) is 10.1. The Morgan fingerprint density at radius 2 is 1.70 bits per heavy atom. The van der Waals surface area contributed by atoms with E-state index in [1.807, 2.05) is 51.7 Å². The van der Waals surface area contributed by atoms with E-state index in [-0.39, 0.29) is 65.9 Å². The Labute approximate surface area is 357 Å². The van der Waals surface area contributed by atoms with Crippen LogP contribution in [0.15, 0.2) is 70.6 Å². The minimum absolute atomic E-state index is 0.0326. The van der Waals surface area contributed by atoms with Crippen molar-refractivity contribution in [3.05, 3.63) is 70.6 Å². The van der Waals surface area contributed by atoms with E-state index in [1.54, 1.807) is 31.2 Å². The zero-order valence-corrected chi connectivity index (χ0v) is 36.6. The second kappa shape index (κ2) is 22.0. The number of allylic oxidation sites excluding steroid dienone is 2. The summed E-state index contributed by atoms with van der Waals surface area (Å²) in [4.78, 5) is 27.3. The van der Waals surface area contributed by atoms with Crippen molar-refractivity contribution in [2.45, 2.75) is 155 Å². The second-order valence-corrected chi connectivity index (χ2v) is 18.4. The third kappa shape index (κ3) is 12.1. The van der Waals surface area contributed by atoms with Crippen LogP contribution in [0.5, 0.6) is 0 Å². The number of Topliss-reactive ketones (excluding diaryl/α,β-unsaturated/α-hetero) is 1. The van der Waals surface area contributed by atoms with Gasteiger partial charge in [0.25, 0.3) is 5.91 Å². The number of fused-ring (bicyclic) bond motifs is 1. The molecule has 13 nitrogen and oxygen atoms in total. The van der Waals surface area contributed by atoms with Crippen LogP contribution in [0.25, 0.3) is 0 Å². The SMILES string of the molecule is CC1=C[C@@H]2[C@@H](CCC[C@@H]2O)[C@](C)(C(O)=C2C(=O)CNC2=O)[C@H]1CC[C@@H](C)[C@@H](O)/C(C)=C/C[C@@H](O)/C=C/[C@H](C)[C@@H](O)/C=C/C[C@@H](O)/C(C)=C/C[C@H](O)C[C@@H]1CCCN1C(=N)N. The highest BCUT2D eigenvalue weighted by Crippen LogP contribution is 2.58. The number of aliphatic hydroxyl groups is 7. The van der Waals surface area contributed by atoms with E-state index in [4.69, 9.17) is 11.1 Å². The van der Waals surface area contributed by atoms with Crippen LogP contribution in [0, 0.1) is 40.4 Å². The summed E-state index contributed by atoms with van der Waals surface area (Å²) in [6.07, 6.45) is 14.7. The van der Waals surface area contributed by atoms with Crippen molar-refractivity contribution in [3.8, 4) is 0 Å². The van der Waals surface area contributed by atoms with Crippen molar-refractivity contribution in [3.63, 3.8) is 0 Å². The maximum atomic E-state index is 12.8. The molecule has 0 bridgehead atoms. The molecule has 4 aliphatic rings. The Hall–Kier alpha value is -3.59. The van der Waals surface area contributed by atoms with Crippen molar-refractivity contribution in [1.29, 1.82) is 5.41 Å². The molecule has 2 heterocycles. The van der Waals surface area contributed by atoms with Gasteiger partial charge in [0, 0.05) is 29.8 Å². The maximum Gasteiger partial charge on any atom is 0.258 e. The van der Waals surface area contributed by atoms with Gasteiger partial charge in [0.15, 0.2) is 11.7 Å². The first-order valence-electron chi connectivity index (χ1n) is 22.1. The number of hydrogen-bond acceptors (Lipinski definition) is 10. The highest BCUT2D eigenvalue weighted by molar-refractivity contribution is 6.25. The average molecular weight is 839 g/mol. The summed E-state index contributed by atoms with van der Waals surface area (Å²) in [5.41, 5.74) is 6.95. The summed E-state index contributed by atoms with van der Waals surface area (Å²) < 4.78 is 0. The van der Waals surface area contributed by atoms with E-state index in [0.717, 1.165) is 43.4 Å². The molecular weight excluding hydrogens is 765 g/mol. The van der Waals surface area contributed by atoms with Crippen molar-refractivity contribution >= 4 is 17.6 Å². The smallest absolute Gasteiger partial charge is 0.258 e. The zero-order valence-electron chi connectivity index (χ0n) is 36.6. The molecule has 60 heavy (non-hydrogen) atoms. The molecule has 2 saturated heterocycles. The molecular formula is C47H74N4O9. The number of hydrogen-bond donors (Lipinski definition) is 10. The second-order valence-electron chi connectivity index (χ2n) is 18.4. The van der Waals surface area contributed by atoms with E-state index in [0.29, 0.717) is 44.1 Å². The molecule has 0 radical (unpaired) electrons. The van der Waals surface area contributed by atoms with Crippen LogP contribution in [0.1, 0.15) is 112 Å². The van der Waals surface area contributed by atoms with E-state index >= 15 is 0 Å². The summed E-state index contributed by atoms with van der Waals surface area (Å²) >= 11 is 0. The number of nitrogens with one attached hydrogen (secondary N) is 2. The van der Waals surface area contributed by atoms with Crippen LogP contribution in [-0.4, -0.2) is 114 Å². The van der Waals surface area contributed by atoms with Crippen LogP contribution in [0.3, 0.4) is 0 Å². The molecule has 336 valence electrons. The number of aliphatic hydroxyl groups excluding tert-OH is 7. The van der Waals surface area contributed by atoms with Crippen molar-refractivity contribution < 1.29 is 45.3 Å². The molecule has 0 aromatic rings. The lowest BCUT2D eigenvalue weighted by molar-refractivity contribution is -0.118. The Kier molecular flexibility index (Phi) is 18.0. The molecule has 2 aliphatic carbocycles. The Morgan fingerprint density at radius 1 is 1.00 bits per heavy atom. The number of carbonyl (C=O) groups excluding carboxylic acids is 2. The molecule has 0 aromatic heterocycles. The van der Waals surface area contributed by atoms with E-state index in [2.05, 4.69) is 11.4 Å². The maximum absolute atomic E-state index is 12.8. The van der Waals surface area contributed by atoms with Gasteiger partial charge in [-0.1, -0.05) is 75.3 Å². The molecule has 4 rings (SSSR count). The summed E-state index contributed by atoms with van der Waals surface area (Å²) in [7, 11) is 0. The predicted octanol–water partition coefficient (Wildman–Crippen LogP) is 4.64. The number of nitrogens with zero attached hydrogens (tertiary/aromatic N) is 1. The number of likely N-dealkylation sites (tertiary alicyclic amines) is 1. The normalized spacial score (nSPS) is 31.1. The number of rotatable bonds is 19. The highest BCUT2D eigenvalue weighted by Gasteiger charge is 2.55.